The summed E-state index contributed by atoms with van der Waals surface area (Å²) >= 11 is 3.26. The topological polar surface area (TPSA) is 42.2 Å². The summed E-state index contributed by atoms with van der Waals surface area (Å²) in [6.45, 7) is 6.87. The van der Waals surface area contributed by atoms with Crippen molar-refractivity contribution in [3.8, 4) is 0 Å². The van der Waals surface area contributed by atoms with Gasteiger partial charge in [0, 0.05) is 18.5 Å². The molecule has 0 aliphatic heterocycles. The fourth-order valence-corrected chi connectivity index (χ4v) is 1.58. The van der Waals surface area contributed by atoms with E-state index in [0.29, 0.717) is 18.7 Å². The molecule has 1 N–H and O–H groups in total. The molecule has 1 heterocycles. The number of carbonyl (C=O) groups is 1. The van der Waals surface area contributed by atoms with Crippen LogP contribution in [0.4, 0.5) is 0 Å². The number of nitrogens with one attached hydrogen (secondary N) is 1. The molecule has 0 fully saturated rings. The molecule has 0 amide bonds. The number of hydrogen-bond donors (Lipinski definition) is 1. The van der Waals surface area contributed by atoms with Crippen molar-refractivity contribution in [2.45, 2.75) is 32.7 Å². The van der Waals surface area contributed by atoms with Crippen molar-refractivity contribution < 1.29 is 9.21 Å². The van der Waals surface area contributed by atoms with Gasteiger partial charge in [0.05, 0.1) is 10.7 Å². The Morgan fingerprint density at radius 2 is 2.20 bits per heavy atom. The van der Waals surface area contributed by atoms with Crippen molar-refractivity contribution in [2.24, 2.45) is 0 Å². The first-order chi connectivity index (χ1) is 6.90. The average molecular weight is 274 g/mol. The predicted molar refractivity (Wildman–Crippen MR) is 63.1 cm³/mol. The van der Waals surface area contributed by atoms with E-state index in [0.717, 1.165) is 4.47 Å². The molecule has 0 aromatic carbocycles. The Hall–Kier alpha value is -0.610. The molecule has 1 rings (SSSR count). The van der Waals surface area contributed by atoms with E-state index in [2.05, 4.69) is 42.0 Å². The maximum absolute atomic E-state index is 11.6. The third kappa shape index (κ3) is 4.18. The summed E-state index contributed by atoms with van der Waals surface area (Å²) in [5.74, 6) is 0.425. The van der Waals surface area contributed by atoms with Gasteiger partial charge >= 0.3 is 0 Å². The molecule has 0 unspecified atom stereocenters. The Morgan fingerprint density at radius 1 is 1.53 bits per heavy atom. The van der Waals surface area contributed by atoms with E-state index in [4.69, 9.17) is 4.42 Å². The van der Waals surface area contributed by atoms with Gasteiger partial charge in [0.1, 0.15) is 0 Å². The Bertz CT molecular complexity index is 339. The lowest BCUT2D eigenvalue weighted by Crippen LogP contribution is -2.37. The van der Waals surface area contributed by atoms with E-state index < -0.39 is 0 Å². The predicted octanol–water partition coefficient (Wildman–Crippen LogP) is 3.00. The molecule has 0 saturated carbocycles. The summed E-state index contributed by atoms with van der Waals surface area (Å²) in [5, 5.41) is 3.26. The highest BCUT2D eigenvalue weighted by molar-refractivity contribution is 9.10. The van der Waals surface area contributed by atoms with Crippen LogP contribution in [0.5, 0.6) is 0 Å². The highest BCUT2D eigenvalue weighted by Crippen LogP contribution is 2.18. The van der Waals surface area contributed by atoms with Crippen molar-refractivity contribution in [2.75, 3.05) is 6.54 Å². The van der Waals surface area contributed by atoms with Gasteiger partial charge in [-0.3, -0.25) is 4.79 Å². The van der Waals surface area contributed by atoms with Gasteiger partial charge < -0.3 is 9.73 Å². The fourth-order valence-electron chi connectivity index (χ4n) is 1.16. The average Bonchev–Trinajstić information content (AvgIpc) is 2.48. The lowest BCUT2D eigenvalue weighted by molar-refractivity contribution is 0.0952. The minimum absolute atomic E-state index is 0.0172. The maximum atomic E-state index is 11.6. The lowest BCUT2D eigenvalue weighted by Gasteiger charge is -2.19. The summed E-state index contributed by atoms with van der Waals surface area (Å²) in [6.07, 6.45) is 1.96. The molecule has 0 aliphatic carbocycles. The van der Waals surface area contributed by atoms with Crippen LogP contribution in [0.2, 0.25) is 0 Å². The number of hydrogen-bond acceptors (Lipinski definition) is 3. The van der Waals surface area contributed by atoms with E-state index in [9.17, 15) is 4.79 Å². The minimum Gasteiger partial charge on any atom is -0.460 e. The molecule has 0 aliphatic rings. The van der Waals surface area contributed by atoms with Gasteiger partial charge in [-0.05, 0) is 42.8 Å². The van der Waals surface area contributed by atoms with E-state index >= 15 is 0 Å². The Balaban J connectivity index is 2.41. The van der Waals surface area contributed by atoms with Crippen molar-refractivity contribution in [3.05, 3.63) is 22.6 Å². The van der Waals surface area contributed by atoms with Crippen molar-refractivity contribution >= 4 is 21.7 Å². The van der Waals surface area contributed by atoms with E-state index in [1.54, 1.807) is 6.07 Å². The summed E-state index contributed by atoms with van der Waals surface area (Å²) in [7, 11) is 0. The molecule has 0 spiro atoms. The van der Waals surface area contributed by atoms with Gasteiger partial charge in [0.15, 0.2) is 11.5 Å². The van der Waals surface area contributed by atoms with Gasteiger partial charge in [0.2, 0.25) is 0 Å². The lowest BCUT2D eigenvalue weighted by atomic mass is 10.1. The smallest absolute Gasteiger partial charge is 0.200 e. The normalized spacial score (nSPS) is 11.7. The van der Waals surface area contributed by atoms with Crippen LogP contribution in [0, 0.1) is 0 Å². The molecule has 4 heteroatoms. The molecule has 1 aromatic rings. The standard InChI is InChI=1S/C11H16BrNO2/c1-11(2,3)13-6-4-9(14)10-8(12)5-7-15-10/h5,7,13H,4,6H2,1-3H3. The van der Waals surface area contributed by atoms with Crippen LogP contribution < -0.4 is 5.32 Å². The van der Waals surface area contributed by atoms with Crippen molar-refractivity contribution in [3.63, 3.8) is 0 Å². The zero-order chi connectivity index (χ0) is 11.5. The second kappa shape index (κ2) is 4.94. The molecule has 84 valence electrons. The summed E-state index contributed by atoms with van der Waals surface area (Å²) in [5.41, 5.74) is 0.0423. The van der Waals surface area contributed by atoms with Crippen molar-refractivity contribution in [1.29, 1.82) is 0 Å². The molecule has 15 heavy (non-hydrogen) atoms. The zero-order valence-corrected chi connectivity index (χ0v) is 10.8. The molecule has 1 aromatic heterocycles. The largest absolute Gasteiger partial charge is 0.460 e. The van der Waals surface area contributed by atoms with E-state index in [1.807, 2.05) is 0 Å². The number of Topliss-reactive ketones (excluding diaryl/α,β-unsaturated/α-hetero) is 1. The number of rotatable bonds is 4. The SMILES string of the molecule is CC(C)(C)NCCC(=O)c1occc1Br. The van der Waals surface area contributed by atoms with E-state index in [-0.39, 0.29) is 11.3 Å². The summed E-state index contributed by atoms with van der Waals surface area (Å²) in [4.78, 5) is 11.6. The van der Waals surface area contributed by atoms with Crippen molar-refractivity contribution in [1.82, 2.24) is 5.32 Å². The summed E-state index contributed by atoms with van der Waals surface area (Å²) in [6, 6.07) is 1.73. The molecule has 0 saturated heterocycles. The highest BCUT2D eigenvalue weighted by Gasteiger charge is 2.15. The first-order valence-electron chi connectivity index (χ1n) is 4.91. The first kappa shape index (κ1) is 12.5. The van der Waals surface area contributed by atoms with Crippen LogP contribution >= 0.6 is 15.9 Å². The molecule has 3 nitrogen and oxygen atoms in total. The fraction of sp³-hybridized carbons (Fsp3) is 0.545. The first-order valence-corrected chi connectivity index (χ1v) is 5.71. The Morgan fingerprint density at radius 3 is 2.67 bits per heavy atom. The molecule has 0 atom stereocenters. The zero-order valence-electron chi connectivity index (χ0n) is 9.26. The van der Waals surface area contributed by atoms with Crippen LogP contribution in [0.1, 0.15) is 37.7 Å². The molecular formula is C11H16BrNO2. The Kier molecular flexibility index (Phi) is 4.11. The second-order valence-electron chi connectivity index (χ2n) is 4.45. The number of furan rings is 1. The Labute approximate surface area is 98.4 Å². The van der Waals surface area contributed by atoms with Crippen LogP contribution in [0.25, 0.3) is 0 Å². The van der Waals surface area contributed by atoms with Crippen LogP contribution in [-0.2, 0) is 0 Å². The quantitative estimate of drug-likeness (QED) is 0.858. The van der Waals surface area contributed by atoms with Gasteiger partial charge in [-0.25, -0.2) is 0 Å². The van der Waals surface area contributed by atoms with Crippen LogP contribution in [-0.4, -0.2) is 17.9 Å². The molecule has 0 bridgehead atoms. The monoisotopic (exact) mass is 273 g/mol. The van der Waals surface area contributed by atoms with E-state index in [1.165, 1.54) is 6.26 Å². The number of carbonyl (C=O) groups excluding carboxylic acids is 1. The van der Waals surface area contributed by atoms with Crippen LogP contribution in [0.15, 0.2) is 21.2 Å². The highest BCUT2D eigenvalue weighted by atomic mass is 79.9. The third-order valence-corrected chi connectivity index (χ3v) is 2.50. The van der Waals surface area contributed by atoms with Gasteiger partial charge in [0.25, 0.3) is 0 Å². The summed E-state index contributed by atoms with van der Waals surface area (Å²) < 4.78 is 5.81. The number of halogens is 1. The van der Waals surface area contributed by atoms with Gasteiger partial charge in [-0.2, -0.15) is 0 Å². The maximum Gasteiger partial charge on any atom is 0.200 e. The third-order valence-electron chi connectivity index (χ3n) is 1.88. The second-order valence-corrected chi connectivity index (χ2v) is 5.30. The number of ketones is 1. The minimum atomic E-state index is 0.0172. The molecule has 0 radical (unpaired) electrons. The van der Waals surface area contributed by atoms with Gasteiger partial charge in [-0.15, -0.1) is 0 Å². The van der Waals surface area contributed by atoms with Crippen LogP contribution in [0.3, 0.4) is 0 Å². The molecular weight excluding hydrogens is 258 g/mol. The van der Waals surface area contributed by atoms with Gasteiger partial charge in [-0.1, -0.05) is 0 Å².